The fourth-order valence-corrected chi connectivity index (χ4v) is 4.49. The number of hydrogen-bond acceptors (Lipinski definition) is 4. The van der Waals surface area contributed by atoms with Gasteiger partial charge < -0.3 is 4.42 Å². The second-order valence-electron chi connectivity index (χ2n) is 6.38. The average Bonchev–Trinajstić information content (AvgIpc) is 2.98. The quantitative estimate of drug-likeness (QED) is 0.639. The van der Waals surface area contributed by atoms with Gasteiger partial charge in [-0.3, -0.25) is 0 Å². The minimum Gasteiger partial charge on any atom is -0.459 e. The molecule has 0 amide bonds. The van der Waals surface area contributed by atoms with Crippen LogP contribution in [0.5, 0.6) is 0 Å². The largest absolute Gasteiger partial charge is 0.459 e. The van der Waals surface area contributed by atoms with Crippen LogP contribution in [-0.2, 0) is 22.7 Å². The van der Waals surface area contributed by atoms with Gasteiger partial charge in [0, 0.05) is 17.4 Å². The molecule has 0 atom stereocenters. The summed E-state index contributed by atoms with van der Waals surface area (Å²) in [7, 11) is -3.70. The summed E-state index contributed by atoms with van der Waals surface area (Å²) in [5, 5.41) is 10.3. The maximum absolute atomic E-state index is 13.0. The van der Waals surface area contributed by atoms with Crippen molar-refractivity contribution in [3.8, 4) is 6.07 Å². The number of benzene rings is 2. The molecule has 0 aliphatic rings. The first-order valence-electron chi connectivity index (χ1n) is 8.72. The Hall–Kier alpha value is -2.58. The third kappa shape index (κ3) is 3.02. The molecule has 4 nitrogen and oxygen atoms in total. The topological polar surface area (TPSA) is 71.1 Å². The Kier molecular flexibility index (Phi) is 4.88. The SMILES string of the molecule is CCCc1oc2c(C#N)cc(S(=O)(=O)c3ccc(C)cc3)cc2c1CC. The number of nitriles is 1. The van der Waals surface area contributed by atoms with Gasteiger partial charge >= 0.3 is 0 Å². The van der Waals surface area contributed by atoms with Gasteiger partial charge in [0.25, 0.3) is 0 Å². The Morgan fingerprint density at radius 3 is 2.35 bits per heavy atom. The number of fused-ring (bicyclic) bond motifs is 1. The molecule has 1 aromatic heterocycles. The molecule has 0 spiro atoms. The molecule has 0 radical (unpaired) electrons. The van der Waals surface area contributed by atoms with E-state index in [-0.39, 0.29) is 15.4 Å². The number of nitrogens with zero attached hydrogens (tertiary/aromatic N) is 1. The van der Waals surface area contributed by atoms with Crippen LogP contribution in [0.4, 0.5) is 0 Å². The molecule has 3 rings (SSSR count). The Labute approximate surface area is 154 Å². The van der Waals surface area contributed by atoms with Gasteiger partial charge in [-0.05, 0) is 44.0 Å². The van der Waals surface area contributed by atoms with E-state index in [1.54, 1.807) is 30.3 Å². The Morgan fingerprint density at radius 1 is 1.08 bits per heavy atom. The molecule has 0 saturated heterocycles. The highest BCUT2D eigenvalue weighted by Gasteiger charge is 2.23. The number of rotatable bonds is 5. The van der Waals surface area contributed by atoms with Crippen molar-refractivity contribution in [1.29, 1.82) is 5.26 Å². The van der Waals surface area contributed by atoms with Crippen LogP contribution in [0, 0.1) is 18.3 Å². The van der Waals surface area contributed by atoms with Crippen LogP contribution < -0.4 is 0 Å². The van der Waals surface area contributed by atoms with E-state index >= 15 is 0 Å². The van der Waals surface area contributed by atoms with Gasteiger partial charge in [0.15, 0.2) is 5.58 Å². The predicted molar refractivity (Wildman–Crippen MR) is 101 cm³/mol. The summed E-state index contributed by atoms with van der Waals surface area (Å²) >= 11 is 0. The fraction of sp³-hybridized carbons (Fsp3) is 0.286. The number of aryl methyl sites for hydroxylation is 3. The van der Waals surface area contributed by atoms with Crippen LogP contribution in [0.15, 0.2) is 50.6 Å². The first-order chi connectivity index (χ1) is 12.4. The molecule has 3 aromatic rings. The van der Waals surface area contributed by atoms with Crippen LogP contribution in [0.1, 0.15) is 42.7 Å². The van der Waals surface area contributed by atoms with Crippen molar-refractivity contribution in [2.24, 2.45) is 0 Å². The second-order valence-corrected chi connectivity index (χ2v) is 8.33. The van der Waals surface area contributed by atoms with Gasteiger partial charge in [-0.1, -0.05) is 31.5 Å². The van der Waals surface area contributed by atoms with E-state index in [0.717, 1.165) is 41.5 Å². The summed E-state index contributed by atoms with van der Waals surface area (Å²) in [5.74, 6) is 0.839. The summed E-state index contributed by atoms with van der Waals surface area (Å²) in [4.78, 5) is 0.352. The van der Waals surface area contributed by atoms with Crippen LogP contribution in [0.2, 0.25) is 0 Å². The van der Waals surface area contributed by atoms with E-state index in [9.17, 15) is 13.7 Å². The summed E-state index contributed by atoms with van der Waals surface area (Å²) in [5.41, 5.74) is 2.71. The molecule has 2 aromatic carbocycles. The molecule has 26 heavy (non-hydrogen) atoms. The molecule has 0 unspecified atom stereocenters. The molecule has 0 fully saturated rings. The van der Waals surface area contributed by atoms with E-state index in [1.807, 2.05) is 13.8 Å². The van der Waals surface area contributed by atoms with Crippen LogP contribution >= 0.6 is 0 Å². The van der Waals surface area contributed by atoms with E-state index in [2.05, 4.69) is 13.0 Å². The zero-order valence-corrected chi connectivity index (χ0v) is 16.0. The van der Waals surface area contributed by atoms with E-state index in [0.29, 0.717) is 5.58 Å². The number of sulfone groups is 1. The first kappa shape index (κ1) is 18.2. The molecule has 0 aliphatic heterocycles. The van der Waals surface area contributed by atoms with Crippen LogP contribution in [0.25, 0.3) is 11.0 Å². The molecule has 134 valence electrons. The van der Waals surface area contributed by atoms with Gasteiger partial charge in [-0.25, -0.2) is 8.42 Å². The monoisotopic (exact) mass is 367 g/mol. The molecular weight excluding hydrogens is 346 g/mol. The minimum atomic E-state index is -3.70. The van der Waals surface area contributed by atoms with Crippen LogP contribution in [-0.4, -0.2) is 8.42 Å². The average molecular weight is 367 g/mol. The van der Waals surface area contributed by atoms with Crippen molar-refractivity contribution < 1.29 is 12.8 Å². The third-order valence-corrected chi connectivity index (χ3v) is 6.29. The van der Waals surface area contributed by atoms with Gasteiger partial charge in [0.1, 0.15) is 11.8 Å². The lowest BCUT2D eigenvalue weighted by molar-refractivity contribution is 0.537. The minimum absolute atomic E-state index is 0.129. The zero-order chi connectivity index (χ0) is 18.9. The predicted octanol–water partition coefficient (Wildman–Crippen LogP) is 4.96. The highest BCUT2D eigenvalue weighted by Crippen LogP contribution is 2.34. The van der Waals surface area contributed by atoms with E-state index in [4.69, 9.17) is 4.42 Å². The molecule has 1 heterocycles. The summed E-state index contributed by atoms with van der Waals surface area (Å²) in [6.45, 7) is 5.98. The molecule has 0 bridgehead atoms. The van der Waals surface area contributed by atoms with E-state index < -0.39 is 9.84 Å². The fourth-order valence-electron chi connectivity index (χ4n) is 3.18. The third-order valence-electron chi connectivity index (χ3n) is 4.54. The highest BCUT2D eigenvalue weighted by atomic mass is 32.2. The maximum Gasteiger partial charge on any atom is 0.206 e. The Balaban J connectivity index is 2.27. The van der Waals surface area contributed by atoms with Crippen LogP contribution in [0.3, 0.4) is 0 Å². The lowest BCUT2D eigenvalue weighted by Crippen LogP contribution is -2.03. The molecule has 0 N–H and O–H groups in total. The van der Waals surface area contributed by atoms with Crippen molar-refractivity contribution in [3.63, 3.8) is 0 Å². The maximum atomic E-state index is 13.0. The standard InChI is InChI=1S/C21H21NO3S/c1-4-6-20-18(5-2)19-12-17(11-15(13-22)21(19)25-20)26(23,24)16-9-7-14(3)8-10-16/h7-12H,4-6H2,1-3H3. The normalized spacial score (nSPS) is 11.6. The van der Waals surface area contributed by atoms with Gasteiger partial charge in [0.05, 0.1) is 15.4 Å². The van der Waals surface area contributed by atoms with Crippen molar-refractivity contribution in [3.05, 3.63) is 58.8 Å². The lowest BCUT2D eigenvalue weighted by atomic mass is 10.0. The van der Waals surface area contributed by atoms with Crippen molar-refractivity contribution in [2.75, 3.05) is 0 Å². The Bertz CT molecular complexity index is 1100. The number of furan rings is 1. The molecular formula is C21H21NO3S. The molecule has 0 aliphatic carbocycles. The molecule has 0 saturated carbocycles. The smallest absolute Gasteiger partial charge is 0.206 e. The van der Waals surface area contributed by atoms with Gasteiger partial charge in [-0.15, -0.1) is 0 Å². The number of hydrogen-bond donors (Lipinski definition) is 0. The summed E-state index contributed by atoms with van der Waals surface area (Å²) < 4.78 is 32.0. The Morgan fingerprint density at radius 2 is 1.77 bits per heavy atom. The zero-order valence-electron chi connectivity index (χ0n) is 15.2. The molecule has 5 heteroatoms. The second kappa shape index (κ2) is 6.97. The van der Waals surface area contributed by atoms with Crippen molar-refractivity contribution >= 4 is 20.8 Å². The van der Waals surface area contributed by atoms with Gasteiger partial charge in [0.2, 0.25) is 9.84 Å². The van der Waals surface area contributed by atoms with Crippen molar-refractivity contribution in [1.82, 2.24) is 0 Å². The summed E-state index contributed by atoms with van der Waals surface area (Å²) in [6, 6.07) is 11.9. The first-order valence-corrected chi connectivity index (χ1v) is 10.2. The highest BCUT2D eigenvalue weighted by molar-refractivity contribution is 7.91. The lowest BCUT2D eigenvalue weighted by Gasteiger charge is -2.06. The van der Waals surface area contributed by atoms with Gasteiger partial charge in [-0.2, -0.15) is 5.26 Å². The van der Waals surface area contributed by atoms with E-state index in [1.165, 1.54) is 6.07 Å². The van der Waals surface area contributed by atoms with Crippen molar-refractivity contribution in [2.45, 2.75) is 49.8 Å². The summed E-state index contributed by atoms with van der Waals surface area (Å²) in [6.07, 6.45) is 2.41.